The van der Waals surface area contributed by atoms with Crippen molar-refractivity contribution >= 4 is 29.9 Å². The lowest BCUT2D eigenvalue weighted by Crippen LogP contribution is -2.42. The minimum atomic E-state index is 0. The summed E-state index contributed by atoms with van der Waals surface area (Å²) >= 11 is 0. The summed E-state index contributed by atoms with van der Waals surface area (Å²) in [6, 6.07) is 11.1. The second-order valence-corrected chi connectivity index (χ2v) is 7.82. The van der Waals surface area contributed by atoms with Crippen molar-refractivity contribution in [3.05, 3.63) is 35.9 Å². The summed E-state index contributed by atoms with van der Waals surface area (Å²) in [5.74, 6) is 1.06. The summed E-state index contributed by atoms with van der Waals surface area (Å²) in [7, 11) is 0. The van der Waals surface area contributed by atoms with E-state index in [0.29, 0.717) is 11.5 Å². The fourth-order valence-corrected chi connectivity index (χ4v) is 4.46. The van der Waals surface area contributed by atoms with Crippen molar-refractivity contribution in [2.24, 2.45) is 10.4 Å². The molecule has 0 bridgehead atoms. The molecule has 2 atom stereocenters. The summed E-state index contributed by atoms with van der Waals surface area (Å²) < 4.78 is 5.69. The molecule has 2 fully saturated rings. The minimum absolute atomic E-state index is 0. The number of hydrogen-bond donors (Lipinski definition) is 1. The Morgan fingerprint density at radius 2 is 1.96 bits per heavy atom. The number of likely N-dealkylation sites (N-methyl/N-ethyl adjacent to an activating group) is 1. The average molecular weight is 500 g/mol. The van der Waals surface area contributed by atoms with E-state index in [4.69, 9.17) is 9.73 Å². The molecule has 3 rings (SSSR count). The number of halogens is 1. The van der Waals surface area contributed by atoms with Crippen molar-refractivity contribution in [3.63, 3.8) is 0 Å². The fourth-order valence-electron chi connectivity index (χ4n) is 4.46. The van der Waals surface area contributed by atoms with E-state index in [9.17, 15) is 0 Å². The van der Waals surface area contributed by atoms with E-state index >= 15 is 0 Å². The smallest absolute Gasteiger partial charge is 0.194 e. The number of likely N-dealkylation sites (tertiary alicyclic amines) is 1. The van der Waals surface area contributed by atoms with E-state index in [1.807, 2.05) is 0 Å². The molecule has 0 saturated carbocycles. The molecule has 158 valence electrons. The number of hydrogen-bond acceptors (Lipinski definition) is 3. The topological polar surface area (TPSA) is 40.1 Å². The molecule has 2 aliphatic heterocycles. The minimum Gasteiger partial charge on any atom is -0.381 e. The van der Waals surface area contributed by atoms with Crippen LogP contribution < -0.4 is 5.32 Å². The van der Waals surface area contributed by atoms with Gasteiger partial charge in [-0.1, -0.05) is 44.2 Å². The van der Waals surface area contributed by atoms with Crippen molar-refractivity contribution in [3.8, 4) is 0 Å². The van der Waals surface area contributed by atoms with Gasteiger partial charge in [0, 0.05) is 31.7 Å². The van der Waals surface area contributed by atoms with Crippen molar-refractivity contribution in [2.45, 2.75) is 39.7 Å². The first-order valence-electron chi connectivity index (χ1n) is 10.6. The first-order chi connectivity index (χ1) is 13.2. The average Bonchev–Trinajstić information content (AvgIpc) is 3.35. The van der Waals surface area contributed by atoms with E-state index in [0.717, 1.165) is 58.4 Å². The zero-order valence-corrected chi connectivity index (χ0v) is 20.0. The molecular formula is C22H37IN4O. The molecule has 2 heterocycles. The van der Waals surface area contributed by atoms with Gasteiger partial charge in [-0.25, -0.2) is 0 Å². The summed E-state index contributed by atoms with van der Waals surface area (Å²) in [5.41, 5.74) is 1.70. The van der Waals surface area contributed by atoms with Gasteiger partial charge in [-0.05, 0) is 38.4 Å². The second kappa shape index (κ2) is 11.4. The lowest BCUT2D eigenvalue weighted by Gasteiger charge is -2.30. The van der Waals surface area contributed by atoms with Crippen LogP contribution in [-0.4, -0.2) is 68.2 Å². The number of guanidine groups is 1. The SMILES string of the molecule is CCNC(=NCC(c1ccccc1)N(CC)CC)N1CCC2(CCOC2)C1.I. The molecular weight excluding hydrogens is 463 g/mol. The third kappa shape index (κ3) is 5.60. The highest BCUT2D eigenvalue weighted by atomic mass is 127. The van der Waals surface area contributed by atoms with Gasteiger partial charge in [0.2, 0.25) is 0 Å². The Labute approximate surface area is 187 Å². The number of rotatable bonds is 7. The van der Waals surface area contributed by atoms with Gasteiger partial charge in [0.05, 0.1) is 19.2 Å². The van der Waals surface area contributed by atoms with Gasteiger partial charge in [0.15, 0.2) is 5.96 Å². The fraction of sp³-hybridized carbons (Fsp3) is 0.682. The standard InChI is InChI=1S/C22H36N4O.HI/c1-4-23-21(26-14-12-22(17-26)13-15-27-18-22)24-16-20(25(5-2)6-3)19-10-8-7-9-11-19;/h7-11,20H,4-6,12-18H2,1-3H3,(H,23,24);1H. The van der Waals surface area contributed by atoms with E-state index in [1.165, 1.54) is 18.4 Å². The number of nitrogens with zero attached hydrogens (tertiary/aromatic N) is 3. The van der Waals surface area contributed by atoms with Crippen LogP contribution in [0.15, 0.2) is 35.3 Å². The van der Waals surface area contributed by atoms with E-state index in [1.54, 1.807) is 0 Å². The first-order valence-corrected chi connectivity index (χ1v) is 10.6. The van der Waals surface area contributed by atoms with Crippen molar-refractivity contribution in [1.82, 2.24) is 15.1 Å². The van der Waals surface area contributed by atoms with Gasteiger partial charge < -0.3 is 15.0 Å². The van der Waals surface area contributed by atoms with Crippen molar-refractivity contribution < 1.29 is 4.74 Å². The Balaban J connectivity index is 0.00000280. The van der Waals surface area contributed by atoms with Gasteiger partial charge >= 0.3 is 0 Å². The quantitative estimate of drug-likeness (QED) is 0.352. The Morgan fingerprint density at radius 3 is 2.57 bits per heavy atom. The molecule has 0 aromatic heterocycles. The Hall–Kier alpha value is -0.860. The molecule has 1 spiro atoms. The maximum Gasteiger partial charge on any atom is 0.194 e. The Bertz CT molecular complexity index is 600. The van der Waals surface area contributed by atoms with Gasteiger partial charge in [0.25, 0.3) is 0 Å². The summed E-state index contributed by atoms with van der Waals surface area (Å²) in [6.45, 7) is 14.4. The highest BCUT2D eigenvalue weighted by Crippen LogP contribution is 2.38. The molecule has 0 radical (unpaired) electrons. The lowest BCUT2D eigenvalue weighted by molar-refractivity contribution is 0.156. The summed E-state index contributed by atoms with van der Waals surface area (Å²) in [5, 5.41) is 3.53. The largest absolute Gasteiger partial charge is 0.381 e. The van der Waals surface area contributed by atoms with Crippen LogP contribution in [0.2, 0.25) is 0 Å². The predicted molar refractivity (Wildman–Crippen MR) is 128 cm³/mol. The highest BCUT2D eigenvalue weighted by molar-refractivity contribution is 14.0. The number of ether oxygens (including phenoxy) is 1. The van der Waals surface area contributed by atoms with E-state index in [2.05, 4.69) is 66.2 Å². The molecule has 5 nitrogen and oxygen atoms in total. The van der Waals surface area contributed by atoms with Crippen LogP contribution >= 0.6 is 24.0 Å². The zero-order chi connectivity index (χ0) is 19.1. The van der Waals surface area contributed by atoms with E-state index in [-0.39, 0.29) is 24.0 Å². The van der Waals surface area contributed by atoms with Gasteiger partial charge in [-0.3, -0.25) is 9.89 Å². The number of benzene rings is 1. The van der Waals surface area contributed by atoms with Crippen LogP contribution in [0.3, 0.4) is 0 Å². The highest BCUT2D eigenvalue weighted by Gasteiger charge is 2.42. The molecule has 6 heteroatoms. The Kier molecular flexibility index (Phi) is 9.50. The van der Waals surface area contributed by atoms with Gasteiger partial charge in [-0.15, -0.1) is 24.0 Å². The molecule has 2 aliphatic rings. The molecule has 2 unspecified atom stereocenters. The predicted octanol–water partition coefficient (Wildman–Crippen LogP) is 3.77. The van der Waals surface area contributed by atoms with Crippen LogP contribution in [0.5, 0.6) is 0 Å². The van der Waals surface area contributed by atoms with Crippen LogP contribution in [0.4, 0.5) is 0 Å². The molecule has 1 aromatic carbocycles. The zero-order valence-electron chi connectivity index (χ0n) is 17.7. The maximum atomic E-state index is 5.69. The van der Waals surface area contributed by atoms with Crippen LogP contribution in [0, 0.1) is 5.41 Å². The molecule has 1 N–H and O–H groups in total. The number of nitrogens with one attached hydrogen (secondary N) is 1. The van der Waals surface area contributed by atoms with Crippen molar-refractivity contribution in [1.29, 1.82) is 0 Å². The molecule has 0 amide bonds. The van der Waals surface area contributed by atoms with Gasteiger partial charge in [-0.2, -0.15) is 0 Å². The monoisotopic (exact) mass is 500 g/mol. The summed E-state index contributed by atoms with van der Waals surface area (Å²) in [4.78, 5) is 10.0. The second-order valence-electron chi connectivity index (χ2n) is 7.82. The van der Waals surface area contributed by atoms with Crippen LogP contribution in [-0.2, 0) is 4.74 Å². The van der Waals surface area contributed by atoms with Crippen LogP contribution in [0.25, 0.3) is 0 Å². The summed E-state index contributed by atoms with van der Waals surface area (Å²) in [6.07, 6.45) is 2.41. The molecule has 1 aromatic rings. The third-order valence-electron chi connectivity index (χ3n) is 6.11. The van der Waals surface area contributed by atoms with E-state index < -0.39 is 0 Å². The third-order valence-corrected chi connectivity index (χ3v) is 6.11. The molecule has 0 aliphatic carbocycles. The maximum absolute atomic E-state index is 5.69. The van der Waals surface area contributed by atoms with Gasteiger partial charge in [0.1, 0.15) is 0 Å². The first kappa shape index (κ1) is 23.4. The lowest BCUT2D eigenvalue weighted by atomic mass is 9.87. The number of aliphatic imine (C=N–C) groups is 1. The van der Waals surface area contributed by atoms with Crippen LogP contribution in [0.1, 0.15) is 45.2 Å². The molecule has 2 saturated heterocycles. The molecule has 28 heavy (non-hydrogen) atoms. The Morgan fingerprint density at radius 1 is 1.21 bits per heavy atom. The van der Waals surface area contributed by atoms with Crippen molar-refractivity contribution in [2.75, 3.05) is 52.5 Å². The normalized spacial score (nSPS) is 23.3.